The fourth-order valence-corrected chi connectivity index (χ4v) is 2.70. The zero-order valence-corrected chi connectivity index (χ0v) is 17.1. The second-order valence-corrected chi connectivity index (χ2v) is 6.52. The number of rotatable bonds is 11. The van der Waals surface area contributed by atoms with Gasteiger partial charge in [0.25, 0.3) is 0 Å². The summed E-state index contributed by atoms with van der Waals surface area (Å²) in [4.78, 5) is 24.6. The third-order valence-electron chi connectivity index (χ3n) is 4.23. The average Bonchev–Trinajstić information content (AvgIpc) is 2.74. The van der Waals surface area contributed by atoms with Gasteiger partial charge in [0.15, 0.2) is 0 Å². The molecule has 6 nitrogen and oxygen atoms in total. The molecule has 0 aliphatic carbocycles. The van der Waals surface area contributed by atoms with Crippen LogP contribution >= 0.6 is 0 Å². The van der Waals surface area contributed by atoms with Crippen LogP contribution in [0.3, 0.4) is 0 Å². The first-order valence-electron chi connectivity index (χ1n) is 9.98. The van der Waals surface area contributed by atoms with Gasteiger partial charge in [-0.1, -0.05) is 61.9 Å². The van der Waals surface area contributed by atoms with Crippen molar-refractivity contribution in [3.63, 3.8) is 0 Å². The Bertz CT molecular complexity index is 763. The minimum Gasteiger partial charge on any atom is -0.493 e. The molecule has 1 amide bonds. The minimum atomic E-state index is -0.867. The van der Waals surface area contributed by atoms with Crippen LogP contribution in [0.25, 0.3) is 0 Å². The molecule has 0 aliphatic rings. The molecule has 0 saturated carbocycles. The highest BCUT2D eigenvalue weighted by molar-refractivity contribution is 5.81. The molecule has 0 saturated heterocycles. The maximum atomic E-state index is 12.4. The lowest BCUT2D eigenvalue weighted by molar-refractivity contribution is -0.145. The van der Waals surface area contributed by atoms with Crippen LogP contribution in [0.15, 0.2) is 54.6 Å². The van der Waals surface area contributed by atoms with E-state index in [0.29, 0.717) is 12.4 Å². The van der Waals surface area contributed by atoms with Crippen molar-refractivity contribution < 1.29 is 23.8 Å². The van der Waals surface area contributed by atoms with Crippen LogP contribution in [-0.2, 0) is 27.3 Å². The maximum Gasteiger partial charge on any atom is 0.408 e. The summed E-state index contributed by atoms with van der Waals surface area (Å²) in [5.74, 6) is 0.197. The fraction of sp³-hybridized carbons (Fsp3) is 0.391. The lowest BCUT2D eigenvalue weighted by Crippen LogP contribution is -2.43. The van der Waals surface area contributed by atoms with Crippen molar-refractivity contribution >= 4 is 12.1 Å². The fourth-order valence-electron chi connectivity index (χ4n) is 2.70. The van der Waals surface area contributed by atoms with Crippen molar-refractivity contribution in [1.82, 2.24) is 5.32 Å². The number of unbranched alkanes of at least 4 members (excludes halogenated alkanes) is 1. The number of benzene rings is 2. The number of amides is 1. The van der Waals surface area contributed by atoms with Crippen LogP contribution < -0.4 is 10.1 Å². The molecular formula is C23H29NO5. The first-order chi connectivity index (χ1) is 14.1. The Morgan fingerprint density at radius 2 is 1.69 bits per heavy atom. The number of esters is 1. The smallest absolute Gasteiger partial charge is 0.408 e. The molecule has 2 rings (SSSR count). The van der Waals surface area contributed by atoms with Crippen molar-refractivity contribution in [2.45, 2.75) is 45.8 Å². The Kier molecular flexibility index (Phi) is 9.55. The summed E-state index contributed by atoms with van der Waals surface area (Å²) < 4.78 is 16.2. The molecule has 0 aliphatic heterocycles. The van der Waals surface area contributed by atoms with Crippen LogP contribution in [0.4, 0.5) is 4.79 Å². The summed E-state index contributed by atoms with van der Waals surface area (Å²) in [6, 6.07) is 16.0. The number of carbonyl (C=O) groups is 2. The summed E-state index contributed by atoms with van der Waals surface area (Å²) in [5.41, 5.74) is 1.69. The molecule has 1 atom stereocenters. The molecule has 2 aromatic rings. The largest absolute Gasteiger partial charge is 0.493 e. The minimum absolute atomic E-state index is 0.124. The van der Waals surface area contributed by atoms with E-state index in [9.17, 15) is 9.59 Å². The quantitative estimate of drug-likeness (QED) is 0.451. The number of hydrogen-bond acceptors (Lipinski definition) is 5. The zero-order chi connectivity index (χ0) is 20.9. The van der Waals surface area contributed by atoms with Gasteiger partial charge in [-0.3, -0.25) is 0 Å². The summed E-state index contributed by atoms with van der Waals surface area (Å²) in [5, 5.41) is 2.62. The maximum absolute atomic E-state index is 12.4. The van der Waals surface area contributed by atoms with Gasteiger partial charge in [0.1, 0.15) is 18.4 Å². The third-order valence-corrected chi connectivity index (χ3v) is 4.23. The van der Waals surface area contributed by atoms with Gasteiger partial charge in [-0.15, -0.1) is 0 Å². The van der Waals surface area contributed by atoms with E-state index >= 15 is 0 Å². The van der Waals surface area contributed by atoms with Crippen LogP contribution in [0.2, 0.25) is 0 Å². The van der Waals surface area contributed by atoms with Crippen molar-refractivity contribution in [1.29, 1.82) is 0 Å². The Labute approximate surface area is 172 Å². The number of alkyl carbamates (subject to hydrolysis) is 1. The molecular weight excluding hydrogens is 370 g/mol. The monoisotopic (exact) mass is 399 g/mol. The van der Waals surface area contributed by atoms with Gasteiger partial charge >= 0.3 is 12.1 Å². The van der Waals surface area contributed by atoms with Gasteiger partial charge in [0.2, 0.25) is 0 Å². The van der Waals surface area contributed by atoms with Crippen molar-refractivity contribution in [2.75, 3.05) is 13.2 Å². The molecule has 0 fully saturated rings. The highest BCUT2D eigenvalue weighted by Crippen LogP contribution is 2.20. The van der Waals surface area contributed by atoms with Crippen LogP contribution in [0, 0.1) is 0 Å². The first kappa shape index (κ1) is 22.3. The number of hydrogen-bond donors (Lipinski definition) is 1. The Hall–Kier alpha value is -3.02. The predicted molar refractivity (Wildman–Crippen MR) is 111 cm³/mol. The van der Waals surface area contributed by atoms with Gasteiger partial charge in [-0.2, -0.15) is 0 Å². The number of ether oxygens (including phenoxy) is 3. The molecule has 0 aromatic heterocycles. The summed E-state index contributed by atoms with van der Waals surface area (Å²) >= 11 is 0. The molecule has 29 heavy (non-hydrogen) atoms. The SMILES string of the molecule is CCCCOc1ccccc1C[C@H](NC(=O)OCc1ccccc1)C(=O)OCC. The Balaban J connectivity index is 2.02. The van der Waals surface area contributed by atoms with E-state index in [-0.39, 0.29) is 19.6 Å². The number of para-hydroxylation sites is 1. The van der Waals surface area contributed by atoms with Gasteiger partial charge in [0, 0.05) is 6.42 Å². The summed E-state index contributed by atoms with van der Waals surface area (Å²) in [6.45, 7) is 4.77. The van der Waals surface area contributed by atoms with E-state index in [4.69, 9.17) is 14.2 Å². The average molecular weight is 399 g/mol. The lowest BCUT2D eigenvalue weighted by atomic mass is 10.0. The number of carbonyl (C=O) groups excluding carboxylic acids is 2. The van der Waals surface area contributed by atoms with E-state index in [1.807, 2.05) is 54.6 Å². The predicted octanol–water partition coefficient (Wildman–Crippen LogP) is 4.27. The molecule has 0 bridgehead atoms. The Morgan fingerprint density at radius 3 is 2.41 bits per heavy atom. The summed E-state index contributed by atoms with van der Waals surface area (Å²) in [7, 11) is 0. The van der Waals surface area contributed by atoms with Crippen LogP contribution in [0.5, 0.6) is 5.75 Å². The lowest BCUT2D eigenvalue weighted by Gasteiger charge is -2.19. The van der Waals surface area contributed by atoms with E-state index in [0.717, 1.165) is 24.0 Å². The normalized spacial score (nSPS) is 11.4. The zero-order valence-electron chi connectivity index (χ0n) is 17.1. The van der Waals surface area contributed by atoms with Crippen LogP contribution in [-0.4, -0.2) is 31.3 Å². The van der Waals surface area contributed by atoms with Gasteiger partial charge in [0.05, 0.1) is 13.2 Å². The molecule has 0 unspecified atom stereocenters. The third kappa shape index (κ3) is 7.86. The topological polar surface area (TPSA) is 73.9 Å². The summed E-state index contributed by atoms with van der Waals surface area (Å²) in [6.07, 6.45) is 1.56. The molecule has 0 heterocycles. The van der Waals surface area contributed by atoms with Crippen molar-refractivity contribution in [3.05, 3.63) is 65.7 Å². The van der Waals surface area contributed by atoms with Crippen LogP contribution in [0.1, 0.15) is 37.8 Å². The van der Waals surface area contributed by atoms with E-state index in [1.165, 1.54) is 0 Å². The molecule has 156 valence electrons. The van der Waals surface area contributed by atoms with Gasteiger partial charge in [-0.05, 0) is 30.5 Å². The second-order valence-electron chi connectivity index (χ2n) is 6.52. The Morgan fingerprint density at radius 1 is 0.966 bits per heavy atom. The molecule has 1 N–H and O–H groups in total. The molecule has 2 aromatic carbocycles. The molecule has 0 radical (unpaired) electrons. The van der Waals surface area contributed by atoms with Gasteiger partial charge in [-0.25, -0.2) is 9.59 Å². The van der Waals surface area contributed by atoms with Gasteiger partial charge < -0.3 is 19.5 Å². The molecule has 0 spiro atoms. The van der Waals surface area contributed by atoms with E-state index < -0.39 is 18.1 Å². The first-order valence-corrected chi connectivity index (χ1v) is 9.98. The standard InChI is InChI=1S/C23H29NO5/c1-3-5-15-28-21-14-10-9-13-19(21)16-20(22(25)27-4-2)24-23(26)29-17-18-11-7-6-8-12-18/h6-14,20H,3-5,15-17H2,1-2H3,(H,24,26)/t20-/m0/s1. The van der Waals surface area contributed by atoms with Crippen molar-refractivity contribution in [2.24, 2.45) is 0 Å². The second kappa shape index (κ2) is 12.4. The molecule has 6 heteroatoms. The highest BCUT2D eigenvalue weighted by atomic mass is 16.6. The number of nitrogens with one attached hydrogen (secondary N) is 1. The van der Waals surface area contributed by atoms with E-state index in [2.05, 4.69) is 12.2 Å². The van der Waals surface area contributed by atoms with E-state index in [1.54, 1.807) is 6.92 Å². The van der Waals surface area contributed by atoms with Crippen molar-refractivity contribution in [3.8, 4) is 5.75 Å². The highest BCUT2D eigenvalue weighted by Gasteiger charge is 2.24.